The summed E-state index contributed by atoms with van der Waals surface area (Å²) in [6.07, 6.45) is 4.49. The van der Waals surface area contributed by atoms with Crippen molar-refractivity contribution < 1.29 is 4.74 Å². The number of hydrogen-bond donors (Lipinski definition) is 2. The number of methoxy groups -OCH3 is 1. The summed E-state index contributed by atoms with van der Waals surface area (Å²) >= 11 is 0. The van der Waals surface area contributed by atoms with Crippen LogP contribution in [0.5, 0.6) is 0 Å². The predicted molar refractivity (Wildman–Crippen MR) is 97.7 cm³/mol. The lowest BCUT2D eigenvalue weighted by molar-refractivity contribution is 0.203. The lowest BCUT2D eigenvalue weighted by atomic mass is 10.3. The van der Waals surface area contributed by atoms with Crippen LogP contribution in [-0.4, -0.2) is 47.5 Å². The first-order chi connectivity index (χ1) is 10.3. The van der Waals surface area contributed by atoms with E-state index in [1.807, 2.05) is 0 Å². The molecule has 1 aromatic heterocycles. The van der Waals surface area contributed by atoms with E-state index in [1.165, 1.54) is 0 Å². The van der Waals surface area contributed by atoms with Gasteiger partial charge in [0.1, 0.15) is 12.4 Å². The molecule has 1 aliphatic heterocycles. The number of guanidine groups is 1. The Morgan fingerprint density at radius 2 is 2.14 bits per heavy atom. The van der Waals surface area contributed by atoms with E-state index in [0.717, 1.165) is 62.9 Å². The van der Waals surface area contributed by atoms with Crippen molar-refractivity contribution in [2.45, 2.75) is 45.7 Å². The van der Waals surface area contributed by atoms with Crippen molar-refractivity contribution in [2.75, 3.05) is 26.8 Å². The van der Waals surface area contributed by atoms with E-state index in [2.05, 4.69) is 37.3 Å². The second-order valence-electron chi connectivity index (χ2n) is 5.15. The monoisotopic (exact) mass is 422 g/mol. The molecule has 1 aromatic rings. The van der Waals surface area contributed by atoms with Crippen LogP contribution < -0.4 is 10.6 Å². The van der Waals surface area contributed by atoms with Gasteiger partial charge in [-0.1, -0.05) is 13.3 Å². The van der Waals surface area contributed by atoms with E-state index >= 15 is 0 Å². The quantitative estimate of drug-likeness (QED) is 0.286. The first-order valence-corrected chi connectivity index (χ1v) is 7.77. The van der Waals surface area contributed by atoms with Crippen LogP contribution >= 0.6 is 24.0 Å². The fourth-order valence-electron chi connectivity index (χ4n) is 2.31. The number of aliphatic imine (C=N–C) groups is 1. The van der Waals surface area contributed by atoms with Crippen molar-refractivity contribution in [1.82, 2.24) is 25.4 Å². The van der Waals surface area contributed by atoms with E-state index in [4.69, 9.17) is 4.74 Å². The molecule has 7 nitrogen and oxygen atoms in total. The summed E-state index contributed by atoms with van der Waals surface area (Å²) < 4.78 is 7.24. The summed E-state index contributed by atoms with van der Waals surface area (Å²) in [5.41, 5.74) is 0. The fraction of sp³-hybridized carbons (Fsp3) is 0.786. The number of unbranched alkanes of at least 4 members (excludes halogenated alkanes) is 1. The number of fused-ring (bicyclic) bond motifs is 1. The molecular formula is C14H27IN6O. The second-order valence-corrected chi connectivity index (χ2v) is 5.15. The molecule has 0 aromatic carbocycles. The van der Waals surface area contributed by atoms with Gasteiger partial charge in [-0.25, -0.2) is 4.99 Å². The number of hydrogen-bond acceptors (Lipinski definition) is 4. The van der Waals surface area contributed by atoms with Gasteiger partial charge in [-0.3, -0.25) is 0 Å². The van der Waals surface area contributed by atoms with Gasteiger partial charge in [-0.05, 0) is 12.8 Å². The molecule has 0 unspecified atom stereocenters. The highest BCUT2D eigenvalue weighted by atomic mass is 127. The van der Waals surface area contributed by atoms with Crippen molar-refractivity contribution in [1.29, 1.82) is 0 Å². The Hall–Kier alpha value is -0.900. The number of ether oxygens (including phenoxy) is 1. The van der Waals surface area contributed by atoms with Crippen molar-refractivity contribution in [3.8, 4) is 0 Å². The molecule has 0 radical (unpaired) electrons. The predicted octanol–water partition coefficient (Wildman–Crippen LogP) is 1.32. The maximum absolute atomic E-state index is 5.06. The number of rotatable bonds is 8. The van der Waals surface area contributed by atoms with E-state index < -0.39 is 0 Å². The van der Waals surface area contributed by atoms with Crippen LogP contribution in [-0.2, 0) is 24.2 Å². The number of aryl methyl sites for hydroxylation is 1. The third-order valence-corrected chi connectivity index (χ3v) is 3.49. The van der Waals surface area contributed by atoms with Crippen LogP contribution in [0.15, 0.2) is 4.99 Å². The lowest BCUT2D eigenvalue weighted by Gasteiger charge is -2.12. The smallest absolute Gasteiger partial charge is 0.191 e. The average Bonchev–Trinajstić information content (AvgIpc) is 3.08. The van der Waals surface area contributed by atoms with Gasteiger partial charge in [0, 0.05) is 33.2 Å². The molecule has 0 bridgehead atoms. The Morgan fingerprint density at radius 1 is 1.32 bits per heavy atom. The Morgan fingerprint density at radius 3 is 2.91 bits per heavy atom. The summed E-state index contributed by atoms with van der Waals surface area (Å²) in [4.78, 5) is 4.60. The molecule has 0 amide bonds. The molecule has 2 N–H and O–H groups in total. The van der Waals surface area contributed by atoms with Gasteiger partial charge in [-0.2, -0.15) is 0 Å². The highest BCUT2D eigenvalue weighted by Gasteiger charge is 2.16. The summed E-state index contributed by atoms with van der Waals surface area (Å²) in [7, 11) is 1.70. The maximum atomic E-state index is 5.06. The zero-order valence-electron chi connectivity index (χ0n) is 13.5. The molecule has 126 valence electrons. The van der Waals surface area contributed by atoms with Gasteiger partial charge in [0.15, 0.2) is 11.8 Å². The highest BCUT2D eigenvalue weighted by molar-refractivity contribution is 14.0. The van der Waals surface area contributed by atoms with Gasteiger partial charge >= 0.3 is 0 Å². The SMILES string of the molecule is CCCCNC(=NCc1nnc2n1CCC2)NCCOC.I. The van der Waals surface area contributed by atoms with Gasteiger partial charge in [0.25, 0.3) is 0 Å². The molecule has 1 aliphatic rings. The van der Waals surface area contributed by atoms with Gasteiger partial charge in [0.2, 0.25) is 0 Å². The lowest BCUT2D eigenvalue weighted by Crippen LogP contribution is -2.39. The minimum absolute atomic E-state index is 0. The van der Waals surface area contributed by atoms with Crippen molar-refractivity contribution >= 4 is 29.9 Å². The Balaban J connectivity index is 0.00000242. The minimum atomic E-state index is 0. The second kappa shape index (κ2) is 10.8. The molecule has 2 heterocycles. The van der Waals surface area contributed by atoms with Crippen LogP contribution in [0, 0.1) is 0 Å². The number of nitrogens with zero attached hydrogens (tertiary/aromatic N) is 4. The third-order valence-electron chi connectivity index (χ3n) is 3.49. The normalized spacial score (nSPS) is 13.6. The van der Waals surface area contributed by atoms with Crippen LogP contribution in [0.2, 0.25) is 0 Å². The maximum Gasteiger partial charge on any atom is 0.191 e. The van der Waals surface area contributed by atoms with Crippen molar-refractivity contribution in [3.05, 3.63) is 11.6 Å². The summed E-state index contributed by atoms with van der Waals surface area (Å²) in [6, 6.07) is 0. The molecule has 2 rings (SSSR count). The molecule has 22 heavy (non-hydrogen) atoms. The standard InChI is InChI=1S/C14H26N6O.HI/c1-3-4-7-15-14(16-8-10-21-2)17-11-13-19-18-12-6-5-9-20(12)13;/h3-11H2,1-2H3,(H2,15,16,17);1H. The molecular weight excluding hydrogens is 395 g/mol. The van der Waals surface area contributed by atoms with E-state index in [9.17, 15) is 0 Å². The van der Waals surface area contributed by atoms with Crippen molar-refractivity contribution in [2.24, 2.45) is 4.99 Å². The van der Waals surface area contributed by atoms with Gasteiger partial charge in [0.05, 0.1) is 6.61 Å². The molecule has 0 saturated heterocycles. The third kappa shape index (κ3) is 5.71. The van der Waals surface area contributed by atoms with Crippen molar-refractivity contribution in [3.63, 3.8) is 0 Å². The summed E-state index contributed by atoms with van der Waals surface area (Å²) in [5.74, 6) is 2.86. The molecule has 0 fully saturated rings. The number of halogens is 1. The molecule has 0 spiro atoms. The minimum Gasteiger partial charge on any atom is -0.383 e. The molecule has 0 atom stereocenters. The molecule has 8 heteroatoms. The van der Waals surface area contributed by atoms with E-state index in [0.29, 0.717) is 13.2 Å². The highest BCUT2D eigenvalue weighted by Crippen LogP contribution is 2.14. The van der Waals surface area contributed by atoms with Crippen LogP contribution in [0.25, 0.3) is 0 Å². The Bertz CT molecular complexity index is 450. The van der Waals surface area contributed by atoms with E-state index in [-0.39, 0.29) is 24.0 Å². The zero-order valence-corrected chi connectivity index (χ0v) is 15.8. The fourth-order valence-corrected chi connectivity index (χ4v) is 2.31. The first-order valence-electron chi connectivity index (χ1n) is 7.77. The Labute approximate surface area is 149 Å². The summed E-state index contributed by atoms with van der Waals surface area (Å²) in [5, 5.41) is 15.0. The Kier molecular flexibility index (Phi) is 9.37. The zero-order chi connectivity index (χ0) is 14.9. The van der Waals surface area contributed by atoms with Crippen LogP contribution in [0.1, 0.15) is 37.8 Å². The van der Waals surface area contributed by atoms with Crippen LogP contribution in [0.3, 0.4) is 0 Å². The number of aromatic nitrogens is 3. The largest absolute Gasteiger partial charge is 0.383 e. The topological polar surface area (TPSA) is 76.4 Å². The van der Waals surface area contributed by atoms with Gasteiger partial charge in [-0.15, -0.1) is 34.2 Å². The average molecular weight is 422 g/mol. The molecule has 0 aliphatic carbocycles. The summed E-state index contributed by atoms with van der Waals surface area (Å²) in [6.45, 7) is 6.08. The first kappa shape index (κ1) is 19.1. The molecule has 0 saturated carbocycles. The van der Waals surface area contributed by atoms with Gasteiger partial charge < -0.3 is 19.9 Å². The number of nitrogens with one attached hydrogen (secondary N) is 2. The van der Waals surface area contributed by atoms with E-state index in [1.54, 1.807) is 7.11 Å². The van der Waals surface area contributed by atoms with Crippen LogP contribution in [0.4, 0.5) is 0 Å².